The largest absolute Gasteiger partial charge is 0.360 e. The van der Waals surface area contributed by atoms with Crippen molar-refractivity contribution in [2.45, 2.75) is 13.8 Å². The Labute approximate surface area is 136 Å². The molecule has 122 valence electrons. The second kappa shape index (κ2) is 8.63. The van der Waals surface area contributed by atoms with E-state index in [1.54, 1.807) is 11.3 Å². The molecule has 2 N–H and O–H groups in total. The third kappa shape index (κ3) is 4.62. The summed E-state index contributed by atoms with van der Waals surface area (Å²) >= 11 is 1.78. The third-order valence-corrected chi connectivity index (χ3v) is 4.41. The summed E-state index contributed by atoms with van der Waals surface area (Å²) < 4.78 is 0. The van der Waals surface area contributed by atoms with Gasteiger partial charge in [0.25, 0.3) is 0 Å². The lowest BCUT2D eigenvalue weighted by Crippen LogP contribution is -2.52. The van der Waals surface area contributed by atoms with E-state index in [1.165, 1.54) is 5.00 Å². The number of thiophene rings is 1. The van der Waals surface area contributed by atoms with Crippen molar-refractivity contribution in [3.05, 3.63) is 17.5 Å². The quantitative estimate of drug-likeness (QED) is 0.626. The summed E-state index contributed by atoms with van der Waals surface area (Å²) in [5.74, 6) is 0.801. The SMILES string of the molecule is CCNC(=O)CN=C(NCC)N1CCN(c2cccs2)CC1. The number of hydrogen-bond donors (Lipinski definition) is 2. The monoisotopic (exact) mass is 323 g/mol. The number of carbonyl (C=O) groups is 1. The molecule has 1 aliphatic heterocycles. The van der Waals surface area contributed by atoms with Gasteiger partial charge in [-0.05, 0) is 31.4 Å². The molecule has 1 aromatic heterocycles. The van der Waals surface area contributed by atoms with Gasteiger partial charge in [-0.15, -0.1) is 11.3 Å². The number of nitrogens with one attached hydrogen (secondary N) is 2. The number of aliphatic imine (C=N–C) groups is 1. The second-order valence-corrected chi connectivity index (χ2v) is 5.98. The average molecular weight is 323 g/mol. The molecule has 6 nitrogen and oxygen atoms in total. The van der Waals surface area contributed by atoms with Crippen molar-refractivity contribution < 1.29 is 4.79 Å². The van der Waals surface area contributed by atoms with Crippen LogP contribution in [0.5, 0.6) is 0 Å². The number of rotatable bonds is 5. The van der Waals surface area contributed by atoms with Gasteiger partial charge in [-0.1, -0.05) is 0 Å². The first-order valence-corrected chi connectivity index (χ1v) is 8.71. The van der Waals surface area contributed by atoms with Gasteiger partial charge in [0.2, 0.25) is 5.91 Å². The molecule has 22 heavy (non-hydrogen) atoms. The molecule has 0 saturated carbocycles. The number of amides is 1. The van der Waals surface area contributed by atoms with Crippen LogP contribution < -0.4 is 15.5 Å². The Hall–Kier alpha value is -1.76. The van der Waals surface area contributed by atoms with Crippen LogP contribution in [0.3, 0.4) is 0 Å². The van der Waals surface area contributed by atoms with E-state index in [0.29, 0.717) is 6.54 Å². The molecule has 1 amide bonds. The Balaban J connectivity index is 1.90. The van der Waals surface area contributed by atoms with E-state index in [1.807, 2.05) is 13.8 Å². The van der Waals surface area contributed by atoms with Gasteiger partial charge in [-0.2, -0.15) is 0 Å². The summed E-state index contributed by atoms with van der Waals surface area (Å²) in [4.78, 5) is 20.6. The van der Waals surface area contributed by atoms with Crippen LogP contribution >= 0.6 is 11.3 Å². The number of guanidine groups is 1. The number of anilines is 1. The maximum absolute atomic E-state index is 11.6. The fraction of sp³-hybridized carbons (Fsp3) is 0.600. The molecule has 0 spiro atoms. The predicted octanol–water partition coefficient (Wildman–Crippen LogP) is 0.972. The van der Waals surface area contributed by atoms with Gasteiger partial charge in [0.05, 0.1) is 5.00 Å². The van der Waals surface area contributed by atoms with Gasteiger partial charge < -0.3 is 20.4 Å². The van der Waals surface area contributed by atoms with Crippen LogP contribution in [0.1, 0.15) is 13.8 Å². The molecular formula is C15H25N5OS. The Kier molecular flexibility index (Phi) is 6.51. The van der Waals surface area contributed by atoms with Gasteiger partial charge in [0.15, 0.2) is 5.96 Å². The third-order valence-electron chi connectivity index (χ3n) is 3.48. The fourth-order valence-corrected chi connectivity index (χ4v) is 3.20. The number of hydrogen-bond acceptors (Lipinski definition) is 4. The van der Waals surface area contributed by atoms with Gasteiger partial charge in [0.1, 0.15) is 6.54 Å². The lowest BCUT2D eigenvalue weighted by molar-refractivity contribution is -0.119. The van der Waals surface area contributed by atoms with E-state index in [-0.39, 0.29) is 12.5 Å². The van der Waals surface area contributed by atoms with Gasteiger partial charge >= 0.3 is 0 Å². The Bertz CT molecular complexity index is 480. The second-order valence-electron chi connectivity index (χ2n) is 5.05. The van der Waals surface area contributed by atoms with Crippen molar-refractivity contribution in [2.75, 3.05) is 50.7 Å². The van der Waals surface area contributed by atoms with Crippen LogP contribution in [0.4, 0.5) is 5.00 Å². The first-order chi connectivity index (χ1) is 10.7. The topological polar surface area (TPSA) is 60.0 Å². The van der Waals surface area contributed by atoms with Crippen molar-refractivity contribution in [2.24, 2.45) is 4.99 Å². The van der Waals surface area contributed by atoms with Crippen LogP contribution in [0, 0.1) is 0 Å². The molecule has 2 rings (SSSR count). The van der Waals surface area contributed by atoms with Crippen LogP contribution in [0.25, 0.3) is 0 Å². The van der Waals surface area contributed by atoms with Crippen LogP contribution in [-0.2, 0) is 4.79 Å². The minimum absolute atomic E-state index is 0.0323. The summed E-state index contributed by atoms with van der Waals surface area (Å²) in [6.45, 7) is 9.38. The molecule has 1 aromatic rings. The Morgan fingerprint density at radius 3 is 2.55 bits per heavy atom. The summed E-state index contributed by atoms with van der Waals surface area (Å²) in [5, 5.41) is 9.49. The van der Waals surface area contributed by atoms with Gasteiger partial charge in [-0.3, -0.25) is 4.79 Å². The minimum Gasteiger partial charge on any atom is -0.360 e. The maximum atomic E-state index is 11.6. The summed E-state index contributed by atoms with van der Waals surface area (Å²) in [7, 11) is 0. The van der Waals surface area contributed by atoms with Crippen molar-refractivity contribution >= 4 is 28.2 Å². The van der Waals surface area contributed by atoms with Crippen molar-refractivity contribution in [3.8, 4) is 0 Å². The molecule has 0 atom stereocenters. The average Bonchev–Trinajstić information content (AvgIpc) is 3.06. The smallest absolute Gasteiger partial charge is 0.241 e. The maximum Gasteiger partial charge on any atom is 0.241 e. The number of likely N-dealkylation sites (N-methyl/N-ethyl adjacent to an activating group) is 1. The molecule has 0 radical (unpaired) electrons. The zero-order chi connectivity index (χ0) is 15.8. The van der Waals surface area contributed by atoms with E-state index < -0.39 is 0 Å². The summed E-state index contributed by atoms with van der Waals surface area (Å²) in [6, 6.07) is 4.25. The highest BCUT2D eigenvalue weighted by Crippen LogP contribution is 2.22. The first-order valence-electron chi connectivity index (χ1n) is 7.83. The summed E-state index contributed by atoms with van der Waals surface area (Å²) in [5.41, 5.74) is 0. The molecule has 0 unspecified atom stereocenters. The van der Waals surface area contributed by atoms with Crippen LogP contribution in [0.15, 0.2) is 22.5 Å². The lowest BCUT2D eigenvalue weighted by atomic mass is 10.3. The first kappa shape index (κ1) is 16.6. The standard InChI is InChI=1S/C15H25N5OS/c1-3-16-13(21)12-18-15(17-4-2)20-9-7-19(8-10-20)14-6-5-11-22-14/h5-6,11H,3-4,7-10,12H2,1-2H3,(H,16,21)(H,17,18). The van der Waals surface area contributed by atoms with E-state index in [4.69, 9.17) is 0 Å². The molecule has 2 heterocycles. The number of nitrogens with zero attached hydrogens (tertiary/aromatic N) is 3. The predicted molar refractivity (Wildman–Crippen MR) is 92.8 cm³/mol. The van der Waals surface area contributed by atoms with E-state index in [0.717, 1.165) is 38.7 Å². The highest BCUT2D eigenvalue weighted by atomic mass is 32.1. The van der Waals surface area contributed by atoms with Crippen molar-refractivity contribution in [3.63, 3.8) is 0 Å². The van der Waals surface area contributed by atoms with E-state index in [9.17, 15) is 4.79 Å². The molecule has 0 bridgehead atoms. The Morgan fingerprint density at radius 2 is 1.95 bits per heavy atom. The fourth-order valence-electron chi connectivity index (χ4n) is 2.41. The van der Waals surface area contributed by atoms with E-state index >= 15 is 0 Å². The normalized spacial score (nSPS) is 15.8. The zero-order valence-electron chi connectivity index (χ0n) is 13.3. The highest BCUT2D eigenvalue weighted by Gasteiger charge is 2.20. The molecule has 0 aliphatic carbocycles. The van der Waals surface area contributed by atoms with Crippen LogP contribution in [0.2, 0.25) is 0 Å². The van der Waals surface area contributed by atoms with Crippen molar-refractivity contribution in [1.82, 2.24) is 15.5 Å². The molecular weight excluding hydrogens is 298 g/mol. The van der Waals surface area contributed by atoms with Crippen molar-refractivity contribution in [1.29, 1.82) is 0 Å². The van der Waals surface area contributed by atoms with E-state index in [2.05, 4.69) is 42.9 Å². The Morgan fingerprint density at radius 1 is 1.23 bits per heavy atom. The lowest BCUT2D eigenvalue weighted by Gasteiger charge is -2.37. The van der Waals surface area contributed by atoms with Crippen LogP contribution in [-0.4, -0.2) is 62.6 Å². The number of piperazine rings is 1. The van der Waals surface area contributed by atoms with Gasteiger partial charge in [0, 0.05) is 39.3 Å². The molecule has 1 fully saturated rings. The molecule has 7 heteroatoms. The zero-order valence-corrected chi connectivity index (χ0v) is 14.2. The number of carbonyl (C=O) groups excluding carboxylic acids is 1. The molecule has 1 saturated heterocycles. The summed E-state index contributed by atoms with van der Waals surface area (Å²) in [6.07, 6.45) is 0. The highest BCUT2D eigenvalue weighted by molar-refractivity contribution is 7.14. The molecule has 1 aliphatic rings. The minimum atomic E-state index is -0.0323. The molecule has 0 aromatic carbocycles. The van der Waals surface area contributed by atoms with Gasteiger partial charge in [-0.25, -0.2) is 4.99 Å².